The van der Waals surface area contributed by atoms with E-state index in [2.05, 4.69) is 39.0 Å². The highest BCUT2D eigenvalue weighted by atomic mass is 32.2. The van der Waals surface area contributed by atoms with Gasteiger partial charge in [-0.3, -0.25) is 9.36 Å². The van der Waals surface area contributed by atoms with Gasteiger partial charge in [0.2, 0.25) is 0 Å². The van der Waals surface area contributed by atoms with Crippen molar-refractivity contribution < 1.29 is 0 Å². The van der Waals surface area contributed by atoms with Crippen LogP contribution in [-0.4, -0.2) is 9.55 Å². The van der Waals surface area contributed by atoms with Crippen molar-refractivity contribution >= 4 is 33.3 Å². The molecule has 0 radical (unpaired) electrons. The van der Waals surface area contributed by atoms with Crippen LogP contribution in [0.2, 0.25) is 0 Å². The fourth-order valence-electron chi connectivity index (χ4n) is 2.47. The predicted molar refractivity (Wildman–Crippen MR) is 99.5 cm³/mol. The number of thioether (sulfide) groups is 1. The molecular weight excluding hydrogens is 324 g/mol. The molecule has 0 aliphatic heterocycles. The average Bonchev–Trinajstić information content (AvgIpc) is 2.98. The zero-order valence-electron chi connectivity index (χ0n) is 13.6. The Labute approximate surface area is 144 Å². The van der Waals surface area contributed by atoms with Crippen molar-refractivity contribution in [1.29, 1.82) is 0 Å². The zero-order chi connectivity index (χ0) is 16.4. The second kappa shape index (κ2) is 6.89. The van der Waals surface area contributed by atoms with E-state index >= 15 is 0 Å². The van der Waals surface area contributed by atoms with Crippen LogP contribution in [0.4, 0.5) is 0 Å². The molecule has 0 saturated carbocycles. The zero-order valence-corrected chi connectivity index (χ0v) is 15.2. The molecule has 0 N–H and O–H groups in total. The van der Waals surface area contributed by atoms with Crippen LogP contribution >= 0.6 is 23.1 Å². The van der Waals surface area contributed by atoms with Crippen LogP contribution in [0.15, 0.2) is 45.7 Å². The standard InChI is InChI=1S/C18H20N2OS2/c1-12(2)10-20-17(21)16-15(8-9-22-16)19-18(20)23-11-14-7-5-4-6-13(14)3/h4-9,12H,10-11H2,1-3H3. The van der Waals surface area contributed by atoms with E-state index in [1.165, 1.54) is 22.5 Å². The number of aromatic nitrogens is 2. The van der Waals surface area contributed by atoms with Crippen LogP contribution in [0.5, 0.6) is 0 Å². The largest absolute Gasteiger partial charge is 0.286 e. The molecule has 23 heavy (non-hydrogen) atoms. The molecule has 0 unspecified atom stereocenters. The molecule has 3 aromatic rings. The number of thiophene rings is 1. The highest BCUT2D eigenvalue weighted by Gasteiger charge is 2.14. The Morgan fingerprint density at radius 1 is 1.26 bits per heavy atom. The Bertz CT molecular complexity index is 880. The average molecular weight is 345 g/mol. The van der Waals surface area contributed by atoms with E-state index < -0.39 is 0 Å². The molecule has 0 saturated heterocycles. The first-order valence-electron chi connectivity index (χ1n) is 7.71. The summed E-state index contributed by atoms with van der Waals surface area (Å²) < 4.78 is 2.60. The monoisotopic (exact) mass is 344 g/mol. The molecule has 1 aromatic carbocycles. The summed E-state index contributed by atoms with van der Waals surface area (Å²) in [7, 11) is 0. The second-order valence-corrected chi connectivity index (χ2v) is 7.91. The number of rotatable bonds is 5. The highest BCUT2D eigenvalue weighted by molar-refractivity contribution is 7.98. The van der Waals surface area contributed by atoms with Gasteiger partial charge in [-0.15, -0.1) is 11.3 Å². The van der Waals surface area contributed by atoms with Gasteiger partial charge in [-0.2, -0.15) is 0 Å². The fourth-order valence-corrected chi connectivity index (χ4v) is 4.34. The van der Waals surface area contributed by atoms with Crippen LogP contribution in [0.3, 0.4) is 0 Å². The lowest BCUT2D eigenvalue weighted by Crippen LogP contribution is -2.24. The van der Waals surface area contributed by atoms with Crippen molar-refractivity contribution in [1.82, 2.24) is 9.55 Å². The van der Waals surface area contributed by atoms with Gasteiger partial charge in [0.05, 0.1) is 5.52 Å². The quantitative estimate of drug-likeness (QED) is 0.496. The minimum Gasteiger partial charge on any atom is -0.286 e. The van der Waals surface area contributed by atoms with E-state index in [0.29, 0.717) is 12.5 Å². The number of nitrogens with zero attached hydrogens (tertiary/aromatic N) is 2. The second-order valence-electron chi connectivity index (χ2n) is 6.05. The Kier molecular flexibility index (Phi) is 4.87. The van der Waals surface area contributed by atoms with Gasteiger partial charge in [0.15, 0.2) is 5.16 Å². The van der Waals surface area contributed by atoms with Crippen LogP contribution < -0.4 is 5.56 Å². The van der Waals surface area contributed by atoms with E-state index in [-0.39, 0.29) is 5.56 Å². The van der Waals surface area contributed by atoms with Gasteiger partial charge in [-0.25, -0.2) is 4.98 Å². The maximum atomic E-state index is 12.7. The van der Waals surface area contributed by atoms with Crippen molar-refractivity contribution in [2.24, 2.45) is 5.92 Å². The maximum absolute atomic E-state index is 12.7. The molecule has 0 atom stereocenters. The molecule has 0 spiro atoms. The third kappa shape index (κ3) is 3.51. The van der Waals surface area contributed by atoms with Crippen molar-refractivity contribution in [2.45, 2.75) is 38.2 Å². The molecule has 120 valence electrons. The molecular formula is C18H20N2OS2. The number of hydrogen-bond donors (Lipinski definition) is 0. The first kappa shape index (κ1) is 16.3. The smallest absolute Gasteiger partial charge is 0.272 e. The number of fused-ring (bicyclic) bond motifs is 1. The van der Waals surface area contributed by atoms with Gasteiger partial charge in [-0.05, 0) is 35.4 Å². The summed E-state index contributed by atoms with van der Waals surface area (Å²) in [6.07, 6.45) is 0. The lowest BCUT2D eigenvalue weighted by molar-refractivity contribution is 0.475. The highest BCUT2D eigenvalue weighted by Crippen LogP contribution is 2.25. The summed E-state index contributed by atoms with van der Waals surface area (Å²) in [4.78, 5) is 17.5. The molecule has 2 aromatic heterocycles. The minimum absolute atomic E-state index is 0.0889. The van der Waals surface area contributed by atoms with Gasteiger partial charge in [0.25, 0.3) is 5.56 Å². The first-order valence-corrected chi connectivity index (χ1v) is 9.58. The van der Waals surface area contributed by atoms with E-state index in [1.54, 1.807) is 11.8 Å². The van der Waals surface area contributed by atoms with Gasteiger partial charge < -0.3 is 0 Å². The van der Waals surface area contributed by atoms with E-state index in [4.69, 9.17) is 4.98 Å². The molecule has 3 rings (SSSR count). The third-order valence-corrected chi connectivity index (χ3v) is 5.61. The lowest BCUT2D eigenvalue weighted by atomic mass is 10.1. The van der Waals surface area contributed by atoms with E-state index in [0.717, 1.165) is 21.1 Å². The summed E-state index contributed by atoms with van der Waals surface area (Å²) in [6.45, 7) is 7.07. The van der Waals surface area contributed by atoms with Gasteiger partial charge in [-0.1, -0.05) is 49.9 Å². The van der Waals surface area contributed by atoms with Crippen molar-refractivity contribution in [3.05, 3.63) is 57.2 Å². The van der Waals surface area contributed by atoms with Gasteiger partial charge in [0, 0.05) is 12.3 Å². The van der Waals surface area contributed by atoms with E-state index in [1.807, 2.05) is 22.1 Å². The van der Waals surface area contributed by atoms with Gasteiger partial charge in [0.1, 0.15) is 4.70 Å². The van der Waals surface area contributed by atoms with Crippen LogP contribution in [0.25, 0.3) is 10.2 Å². The Balaban J connectivity index is 1.98. The van der Waals surface area contributed by atoms with Crippen LogP contribution in [-0.2, 0) is 12.3 Å². The van der Waals surface area contributed by atoms with E-state index in [9.17, 15) is 4.79 Å². The van der Waals surface area contributed by atoms with Crippen LogP contribution in [0, 0.1) is 12.8 Å². The Morgan fingerprint density at radius 3 is 2.78 bits per heavy atom. The number of hydrogen-bond acceptors (Lipinski definition) is 4. The minimum atomic E-state index is 0.0889. The summed E-state index contributed by atoms with van der Waals surface area (Å²) in [5.74, 6) is 1.23. The van der Waals surface area contributed by atoms with Crippen molar-refractivity contribution in [3.63, 3.8) is 0 Å². The van der Waals surface area contributed by atoms with Crippen LogP contribution in [0.1, 0.15) is 25.0 Å². The number of benzene rings is 1. The number of aryl methyl sites for hydroxylation is 1. The van der Waals surface area contributed by atoms with Crippen molar-refractivity contribution in [2.75, 3.05) is 0 Å². The maximum Gasteiger partial charge on any atom is 0.272 e. The molecule has 0 aliphatic carbocycles. The molecule has 3 nitrogen and oxygen atoms in total. The predicted octanol–water partition coefficient (Wildman–Crippen LogP) is 4.71. The van der Waals surface area contributed by atoms with Gasteiger partial charge >= 0.3 is 0 Å². The first-order chi connectivity index (χ1) is 11.1. The normalized spacial score (nSPS) is 11.5. The Hall–Kier alpha value is -1.59. The molecule has 0 bridgehead atoms. The summed E-state index contributed by atoms with van der Waals surface area (Å²) in [5, 5.41) is 2.76. The summed E-state index contributed by atoms with van der Waals surface area (Å²) >= 11 is 3.12. The lowest BCUT2D eigenvalue weighted by Gasteiger charge is -2.14. The third-order valence-electron chi connectivity index (χ3n) is 3.70. The Morgan fingerprint density at radius 2 is 2.04 bits per heavy atom. The molecule has 0 aliphatic rings. The molecule has 2 heterocycles. The molecule has 5 heteroatoms. The fraction of sp³-hybridized carbons (Fsp3) is 0.333. The topological polar surface area (TPSA) is 34.9 Å². The molecule has 0 amide bonds. The molecule has 0 fully saturated rings. The summed E-state index contributed by atoms with van der Waals surface area (Å²) in [6, 6.07) is 10.3. The van der Waals surface area contributed by atoms with Crippen molar-refractivity contribution in [3.8, 4) is 0 Å². The summed E-state index contributed by atoms with van der Waals surface area (Å²) in [5.41, 5.74) is 3.46. The SMILES string of the molecule is Cc1ccccc1CSc1nc2ccsc2c(=O)n1CC(C)C.